The molecule has 2 aliphatic rings. The molecule has 37 heavy (non-hydrogen) atoms. The fourth-order valence-corrected chi connectivity index (χ4v) is 5.70. The summed E-state index contributed by atoms with van der Waals surface area (Å²) in [5.74, 6) is 0.0777. The van der Waals surface area contributed by atoms with Crippen molar-refractivity contribution in [2.45, 2.75) is 24.8 Å². The summed E-state index contributed by atoms with van der Waals surface area (Å²) in [6.07, 6.45) is 3.41. The van der Waals surface area contributed by atoms with E-state index >= 15 is 0 Å². The van der Waals surface area contributed by atoms with E-state index in [9.17, 15) is 19.7 Å². The molecule has 0 bridgehead atoms. The van der Waals surface area contributed by atoms with Gasteiger partial charge in [0.1, 0.15) is 0 Å². The van der Waals surface area contributed by atoms with Crippen molar-refractivity contribution in [2.24, 2.45) is 4.99 Å². The molecule has 0 aliphatic carbocycles. The Balaban J connectivity index is 1.72. The summed E-state index contributed by atoms with van der Waals surface area (Å²) in [4.78, 5) is 43.9. The Morgan fingerprint density at radius 3 is 2.65 bits per heavy atom. The standard InChI is InChI=1S/C25H21N3O7S2/c1-4-33-24(30)21-13(2)26-25-27(22(21)14-5-7-16(36-3)8-6-14)23(29)20(37-25)10-15-9-18-19(35-12-34-18)11-17(15)28(31)32/h5-11,22H,4,12H2,1-3H3/b20-10-/t22-/m0/s1. The predicted molar refractivity (Wildman–Crippen MR) is 138 cm³/mol. The molecule has 0 radical (unpaired) electrons. The molecule has 1 atom stereocenters. The average molecular weight is 540 g/mol. The van der Waals surface area contributed by atoms with Crippen LogP contribution in [-0.2, 0) is 9.53 Å². The van der Waals surface area contributed by atoms with Gasteiger partial charge in [-0.05, 0) is 49.9 Å². The van der Waals surface area contributed by atoms with Gasteiger partial charge in [0, 0.05) is 4.90 Å². The Labute approximate surface area is 218 Å². The number of hydrogen-bond acceptors (Lipinski definition) is 10. The molecule has 2 aliphatic heterocycles. The minimum absolute atomic E-state index is 0.0383. The second-order valence-electron chi connectivity index (χ2n) is 8.10. The lowest BCUT2D eigenvalue weighted by Gasteiger charge is -2.24. The van der Waals surface area contributed by atoms with E-state index in [0.717, 1.165) is 21.8 Å². The van der Waals surface area contributed by atoms with Gasteiger partial charge in [0.2, 0.25) is 6.79 Å². The van der Waals surface area contributed by atoms with E-state index in [2.05, 4.69) is 4.99 Å². The first-order valence-corrected chi connectivity index (χ1v) is 13.3. The van der Waals surface area contributed by atoms with Crippen LogP contribution in [0.3, 0.4) is 0 Å². The maximum absolute atomic E-state index is 13.7. The summed E-state index contributed by atoms with van der Waals surface area (Å²) < 4.78 is 17.6. The molecule has 1 aromatic heterocycles. The molecule has 3 heterocycles. The van der Waals surface area contributed by atoms with Gasteiger partial charge in [-0.1, -0.05) is 23.5 Å². The number of nitrogens with zero attached hydrogens (tertiary/aromatic N) is 3. The van der Waals surface area contributed by atoms with Crippen LogP contribution in [0.1, 0.15) is 31.0 Å². The number of fused-ring (bicyclic) bond motifs is 2. The van der Waals surface area contributed by atoms with E-state index in [1.807, 2.05) is 30.5 Å². The first kappa shape index (κ1) is 24.8. The molecule has 0 unspecified atom stereocenters. The minimum atomic E-state index is -0.764. The van der Waals surface area contributed by atoms with Gasteiger partial charge in [-0.25, -0.2) is 9.79 Å². The summed E-state index contributed by atoms with van der Waals surface area (Å²) in [6.45, 7) is 3.55. The smallest absolute Gasteiger partial charge is 0.338 e. The average Bonchev–Trinajstić information content (AvgIpc) is 3.46. The van der Waals surface area contributed by atoms with E-state index in [0.29, 0.717) is 16.2 Å². The van der Waals surface area contributed by atoms with E-state index in [1.54, 1.807) is 25.6 Å². The van der Waals surface area contributed by atoms with Gasteiger partial charge in [-0.3, -0.25) is 19.5 Å². The Bertz CT molecular complexity index is 1640. The third-order valence-corrected chi connectivity index (χ3v) is 7.68. The zero-order valence-corrected chi connectivity index (χ0v) is 21.7. The van der Waals surface area contributed by atoms with Crippen LogP contribution in [0, 0.1) is 10.1 Å². The highest BCUT2D eigenvalue weighted by molar-refractivity contribution is 7.98. The van der Waals surface area contributed by atoms with Crippen LogP contribution in [0.2, 0.25) is 0 Å². The first-order chi connectivity index (χ1) is 17.8. The number of carbonyl (C=O) groups excluding carboxylic acids is 1. The second-order valence-corrected chi connectivity index (χ2v) is 9.99. The molecule has 0 N–H and O–H groups in total. The number of allylic oxidation sites excluding steroid dienone is 1. The van der Waals surface area contributed by atoms with Crippen LogP contribution in [0.4, 0.5) is 5.69 Å². The molecule has 12 heteroatoms. The maximum atomic E-state index is 13.7. The minimum Gasteiger partial charge on any atom is -0.463 e. The second kappa shape index (κ2) is 9.87. The highest BCUT2D eigenvalue weighted by Crippen LogP contribution is 2.38. The lowest BCUT2D eigenvalue weighted by molar-refractivity contribution is -0.385. The molecule has 0 fully saturated rings. The molecule has 5 rings (SSSR count). The predicted octanol–water partition coefficient (Wildman–Crippen LogP) is 3.16. The zero-order chi connectivity index (χ0) is 26.3. The number of thioether (sulfide) groups is 1. The Morgan fingerprint density at radius 2 is 2.00 bits per heavy atom. The number of thiazole rings is 1. The van der Waals surface area contributed by atoms with Crippen LogP contribution < -0.4 is 24.4 Å². The van der Waals surface area contributed by atoms with Gasteiger partial charge >= 0.3 is 5.97 Å². The number of rotatable bonds is 6. The van der Waals surface area contributed by atoms with Crippen molar-refractivity contribution in [3.8, 4) is 11.5 Å². The summed E-state index contributed by atoms with van der Waals surface area (Å²) in [6, 6.07) is 9.58. The Kier molecular flexibility index (Phi) is 6.61. The first-order valence-electron chi connectivity index (χ1n) is 11.2. The largest absolute Gasteiger partial charge is 0.463 e. The Morgan fingerprint density at radius 1 is 1.30 bits per heavy atom. The van der Waals surface area contributed by atoms with Crippen LogP contribution in [0.25, 0.3) is 6.08 Å². The van der Waals surface area contributed by atoms with E-state index in [4.69, 9.17) is 14.2 Å². The number of hydrogen-bond donors (Lipinski definition) is 0. The van der Waals surface area contributed by atoms with Gasteiger partial charge in [0.05, 0.1) is 45.0 Å². The van der Waals surface area contributed by atoms with Crippen molar-refractivity contribution in [3.63, 3.8) is 0 Å². The zero-order valence-electron chi connectivity index (χ0n) is 20.0. The van der Waals surface area contributed by atoms with Gasteiger partial charge < -0.3 is 14.2 Å². The van der Waals surface area contributed by atoms with Crippen molar-refractivity contribution in [2.75, 3.05) is 19.7 Å². The Hall–Kier alpha value is -3.90. The molecule has 0 spiro atoms. The molecule has 0 saturated carbocycles. The number of nitro benzene ring substituents is 1. The van der Waals surface area contributed by atoms with Crippen molar-refractivity contribution in [1.82, 2.24) is 4.57 Å². The molecule has 2 aromatic carbocycles. The molecule has 0 amide bonds. The SMILES string of the molecule is CCOC(=O)C1=C(C)N=c2s/c(=C\c3cc4c(cc3[N+](=O)[O-])OCO4)c(=O)n2[C@H]1c1ccc(SC)cc1. The fourth-order valence-electron chi connectivity index (χ4n) is 4.26. The summed E-state index contributed by atoms with van der Waals surface area (Å²) in [5.41, 5.74) is 0.983. The maximum Gasteiger partial charge on any atom is 0.338 e. The number of carbonyl (C=O) groups is 1. The molecule has 10 nitrogen and oxygen atoms in total. The number of benzene rings is 2. The lowest BCUT2D eigenvalue weighted by atomic mass is 9.96. The van der Waals surface area contributed by atoms with Crippen molar-refractivity contribution in [1.29, 1.82) is 0 Å². The van der Waals surface area contributed by atoms with E-state index < -0.39 is 22.5 Å². The van der Waals surface area contributed by atoms with Crippen molar-refractivity contribution in [3.05, 3.63) is 88.6 Å². The third-order valence-electron chi connectivity index (χ3n) is 5.95. The summed E-state index contributed by atoms with van der Waals surface area (Å²) in [7, 11) is 0. The molecule has 0 saturated heterocycles. The van der Waals surface area contributed by atoms with Crippen LogP contribution in [-0.4, -0.2) is 35.1 Å². The molecular formula is C25H21N3O7S2. The number of esters is 1. The van der Waals surface area contributed by atoms with Gasteiger partial charge in [-0.15, -0.1) is 11.8 Å². The number of aromatic nitrogens is 1. The highest BCUT2D eigenvalue weighted by atomic mass is 32.2. The number of ether oxygens (including phenoxy) is 3. The quantitative estimate of drug-likeness (QED) is 0.203. The summed E-state index contributed by atoms with van der Waals surface area (Å²) >= 11 is 2.67. The third kappa shape index (κ3) is 4.42. The van der Waals surface area contributed by atoms with E-state index in [-0.39, 0.29) is 40.5 Å². The van der Waals surface area contributed by atoms with E-state index in [1.165, 1.54) is 22.8 Å². The van der Waals surface area contributed by atoms with Crippen LogP contribution in [0.5, 0.6) is 11.5 Å². The number of nitro groups is 1. The molecule has 3 aromatic rings. The highest BCUT2D eigenvalue weighted by Gasteiger charge is 2.33. The summed E-state index contributed by atoms with van der Waals surface area (Å²) in [5, 5.41) is 11.7. The van der Waals surface area contributed by atoms with Gasteiger partial charge in [-0.2, -0.15) is 0 Å². The van der Waals surface area contributed by atoms with Crippen molar-refractivity contribution >= 4 is 40.8 Å². The molecular weight excluding hydrogens is 518 g/mol. The fraction of sp³-hybridized carbons (Fsp3) is 0.240. The van der Waals surface area contributed by atoms with Crippen molar-refractivity contribution < 1.29 is 23.9 Å². The monoisotopic (exact) mass is 539 g/mol. The normalized spacial score (nSPS) is 16.4. The molecule has 190 valence electrons. The lowest BCUT2D eigenvalue weighted by Crippen LogP contribution is -2.39. The van der Waals surface area contributed by atoms with Crippen LogP contribution >= 0.6 is 23.1 Å². The van der Waals surface area contributed by atoms with Gasteiger partial charge in [0.25, 0.3) is 11.2 Å². The van der Waals surface area contributed by atoms with Crippen LogP contribution in [0.15, 0.2) is 62.4 Å². The topological polar surface area (TPSA) is 122 Å². The van der Waals surface area contributed by atoms with Gasteiger partial charge in [0.15, 0.2) is 16.3 Å².